The molecular weight excluding hydrogens is 443 g/mol. The summed E-state index contributed by atoms with van der Waals surface area (Å²) in [6, 6.07) is 19.4. The van der Waals surface area contributed by atoms with E-state index in [1.165, 1.54) is 12.1 Å². The Hall–Kier alpha value is -4.00. The normalized spacial score (nSPS) is 19.9. The fraction of sp³-hybridized carbons (Fsp3) is 0.250. The molecule has 2 aliphatic rings. The lowest BCUT2D eigenvalue weighted by Gasteiger charge is -2.30. The minimum absolute atomic E-state index is 0.0235. The van der Waals surface area contributed by atoms with Crippen LogP contribution in [0.3, 0.4) is 0 Å². The summed E-state index contributed by atoms with van der Waals surface area (Å²) >= 11 is 0. The van der Waals surface area contributed by atoms with Crippen LogP contribution in [0.2, 0.25) is 0 Å². The van der Waals surface area contributed by atoms with E-state index in [2.05, 4.69) is 10.4 Å². The van der Waals surface area contributed by atoms with Crippen molar-refractivity contribution in [3.63, 3.8) is 0 Å². The summed E-state index contributed by atoms with van der Waals surface area (Å²) in [5.74, 6) is -0.208. The van der Waals surface area contributed by atoms with Crippen LogP contribution in [-0.4, -0.2) is 27.6 Å². The molecule has 1 N–H and O–H groups in total. The number of carbonyl (C=O) groups excluding carboxylic acids is 2. The minimum atomic E-state index is -0.300. The van der Waals surface area contributed by atoms with Crippen LogP contribution in [0.15, 0.2) is 72.9 Å². The number of fused-ring (bicyclic) bond motifs is 1. The molecule has 0 unspecified atom stereocenters. The second-order valence-electron chi connectivity index (χ2n) is 9.43. The Balaban J connectivity index is 1.39. The molecule has 7 heteroatoms. The molecule has 1 aromatic heterocycles. The second-order valence-corrected chi connectivity index (χ2v) is 9.43. The van der Waals surface area contributed by atoms with Gasteiger partial charge in [0.05, 0.1) is 29.5 Å². The number of aryl methyl sites for hydroxylation is 1. The molecular formula is C28H25FN4O2. The summed E-state index contributed by atoms with van der Waals surface area (Å²) in [5.41, 5.74) is 4.48. The fourth-order valence-corrected chi connectivity index (χ4v) is 5.05. The second kappa shape index (κ2) is 8.34. The molecule has 35 heavy (non-hydrogen) atoms. The molecule has 0 bridgehead atoms. The van der Waals surface area contributed by atoms with Crippen LogP contribution in [0, 0.1) is 18.7 Å². The van der Waals surface area contributed by atoms with Crippen molar-refractivity contribution in [1.29, 1.82) is 0 Å². The molecule has 6 nitrogen and oxygen atoms in total. The first-order valence-electron chi connectivity index (χ1n) is 11.9. The van der Waals surface area contributed by atoms with Crippen LogP contribution < -0.4 is 10.2 Å². The predicted molar refractivity (Wildman–Crippen MR) is 132 cm³/mol. The number of rotatable bonds is 5. The predicted octanol–water partition coefficient (Wildman–Crippen LogP) is 4.85. The van der Waals surface area contributed by atoms with Crippen molar-refractivity contribution in [1.82, 2.24) is 15.1 Å². The molecule has 1 aliphatic heterocycles. The van der Waals surface area contributed by atoms with Gasteiger partial charge in [0.25, 0.3) is 0 Å². The van der Waals surface area contributed by atoms with Gasteiger partial charge >= 0.3 is 0 Å². The van der Waals surface area contributed by atoms with Gasteiger partial charge < -0.3 is 10.2 Å². The molecule has 4 aromatic rings. The number of hydrogen-bond acceptors (Lipinski definition) is 3. The summed E-state index contributed by atoms with van der Waals surface area (Å²) in [6.45, 7) is 2.03. The molecule has 2 atom stereocenters. The zero-order valence-corrected chi connectivity index (χ0v) is 19.3. The highest BCUT2D eigenvalue weighted by molar-refractivity contribution is 6.00. The number of aromatic nitrogens is 2. The number of amides is 2. The van der Waals surface area contributed by atoms with Gasteiger partial charge in [-0.25, -0.2) is 9.07 Å². The number of nitrogens with zero attached hydrogens (tertiary/aromatic N) is 3. The van der Waals surface area contributed by atoms with E-state index in [0.717, 1.165) is 46.2 Å². The zero-order valence-electron chi connectivity index (χ0n) is 19.3. The number of halogens is 1. The SMILES string of the molecule is Cc1ccccc1[C@@H]1[C@@H](NC(=O)C2CC2)CC(=O)N1c1ccc2c(cnn2-c2ccc(F)cc2)c1. The Bertz CT molecular complexity index is 1440. The average Bonchev–Trinajstić information content (AvgIpc) is 3.55. The van der Waals surface area contributed by atoms with Gasteiger partial charge in [-0.1, -0.05) is 24.3 Å². The highest BCUT2D eigenvalue weighted by Gasteiger charge is 2.44. The van der Waals surface area contributed by atoms with Crippen molar-refractivity contribution in [2.24, 2.45) is 5.92 Å². The summed E-state index contributed by atoms with van der Waals surface area (Å²) in [7, 11) is 0. The van der Waals surface area contributed by atoms with Crippen molar-refractivity contribution in [3.8, 4) is 5.69 Å². The van der Waals surface area contributed by atoms with Crippen molar-refractivity contribution < 1.29 is 14.0 Å². The summed E-state index contributed by atoms with van der Waals surface area (Å²) in [4.78, 5) is 27.8. The molecule has 1 aliphatic carbocycles. The Kier molecular flexibility index (Phi) is 5.13. The minimum Gasteiger partial charge on any atom is -0.350 e. The van der Waals surface area contributed by atoms with E-state index in [0.29, 0.717) is 0 Å². The van der Waals surface area contributed by atoms with E-state index in [-0.39, 0.29) is 42.1 Å². The number of benzene rings is 3. The monoisotopic (exact) mass is 468 g/mol. The van der Waals surface area contributed by atoms with Crippen LogP contribution in [0.4, 0.5) is 10.1 Å². The van der Waals surface area contributed by atoms with E-state index < -0.39 is 0 Å². The summed E-state index contributed by atoms with van der Waals surface area (Å²) in [6.07, 6.45) is 3.84. The fourth-order valence-electron chi connectivity index (χ4n) is 5.05. The molecule has 1 saturated heterocycles. The lowest BCUT2D eigenvalue weighted by atomic mass is 9.95. The van der Waals surface area contributed by atoms with E-state index in [9.17, 15) is 14.0 Å². The maximum absolute atomic E-state index is 13.4. The molecule has 0 spiro atoms. The molecule has 6 rings (SSSR count). The Morgan fingerprint density at radius 2 is 1.77 bits per heavy atom. The van der Waals surface area contributed by atoms with Crippen LogP contribution >= 0.6 is 0 Å². The molecule has 176 valence electrons. The molecule has 0 radical (unpaired) electrons. The largest absolute Gasteiger partial charge is 0.350 e. The van der Waals surface area contributed by atoms with E-state index in [1.807, 2.05) is 54.3 Å². The first-order valence-corrected chi connectivity index (χ1v) is 11.9. The van der Waals surface area contributed by atoms with Gasteiger partial charge in [0.15, 0.2) is 0 Å². The maximum Gasteiger partial charge on any atom is 0.229 e. The van der Waals surface area contributed by atoms with Crippen LogP contribution in [0.25, 0.3) is 16.6 Å². The molecule has 2 amide bonds. The average molecular weight is 469 g/mol. The highest BCUT2D eigenvalue weighted by atomic mass is 19.1. The Labute approximate surface area is 202 Å². The zero-order chi connectivity index (χ0) is 24.1. The lowest BCUT2D eigenvalue weighted by Crippen LogP contribution is -2.40. The third-order valence-corrected chi connectivity index (χ3v) is 7.01. The number of carbonyl (C=O) groups is 2. The van der Waals surface area contributed by atoms with Crippen molar-refractivity contribution in [2.75, 3.05) is 4.90 Å². The molecule has 2 heterocycles. The van der Waals surface area contributed by atoms with Gasteiger partial charge in [0.2, 0.25) is 11.8 Å². The van der Waals surface area contributed by atoms with Crippen molar-refractivity contribution >= 4 is 28.4 Å². The number of hydrogen-bond donors (Lipinski definition) is 1. The van der Waals surface area contributed by atoms with Gasteiger partial charge in [-0.05, 0) is 73.4 Å². The first-order chi connectivity index (χ1) is 17.0. The molecule has 1 saturated carbocycles. The van der Waals surface area contributed by atoms with Crippen molar-refractivity contribution in [2.45, 2.75) is 38.3 Å². The molecule has 2 fully saturated rings. The molecule has 3 aromatic carbocycles. The smallest absolute Gasteiger partial charge is 0.229 e. The van der Waals surface area contributed by atoms with Gasteiger partial charge in [-0.3, -0.25) is 9.59 Å². The highest BCUT2D eigenvalue weighted by Crippen LogP contribution is 2.40. The van der Waals surface area contributed by atoms with E-state index >= 15 is 0 Å². The van der Waals surface area contributed by atoms with E-state index in [4.69, 9.17) is 0 Å². The number of anilines is 1. The topological polar surface area (TPSA) is 67.2 Å². The van der Waals surface area contributed by atoms with Gasteiger partial charge in [0.1, 0.15) is 5.82 Å². The number of nitrogens with one attached hydrogen (secondary N) is 1. The van der Waals surface area contributed by atoms with Crippen LogP contribution in [0.1, 0.15) is 36.4 Å². The maximum atomic E-state index is 13.4. The van der Waals surface area contributed by atoms with Gasteiger partial charge in [-0.2, -0.15) is 5.10 Å². The standard InChI is InChI=1S/C28H25FN4O2/c1-17-4-2-3-5-23(17)27-24(31-28(35)18-6-7-18)15-26(34)32(27)22-12-13-25-19(14-22)16-30-33(25)21-10-8-20(29)9-11-21/h2-5,8-14,16,18,24,27H,6-7,15H2,1H3,(H,31,35)/t24-,27+/m0/s1. The summed E-state index contributed by atoms with van der Waals surface area (Å²) in [5, 5.41) is 8.52. The third-order valence-electron chi connectivity index (χ3n) is 7.01. The van der Waals surface area contributed by atoms with Crippen LogP contribution in [-0.2, 0) is 9.59 Å². The van der Waals surface area contributed by atoms with Gasteiger partial charge in [-0.15, -0.1) is 0 Å². The quantitative estimate of drug-likeness (QED) is 0.456. The van der Waals surface area contributed by atoms with Crippen molar-refractivity contribution in [3.05, 3.63) is 89.9 Å². The summed E-state index contributed by atoms with van der Waals surface area (Å²) < 4.78 is 15.1. The Morgan fingerprint density at radius 3 is 2.51 bits per heavy atom. The van der Waals surface area contributed by atoms with E-state index in [1.54, 1.807) is 23.0 Å². The van der Waals surface area contributed by atoms with Crippen LogP contribution in [0.5, 0.6) is 0 Å². The lowest BCUT2D eigenvalue weighted by molar-refractivity contribution is -0.123. The van der Waals surface area contributed by atoms with Gasteiger partial charge in [0, 0.05) is 23.4 Å². The first kappa shape index (κ1) is 21.5. The Morgan fingerprint density at radius 1 is 1.03 bits per heavy atom. The third kappa shape index (κ3) is 3.87.